The number of carbonyl (C=O) groups is 12. The lowest BCUT2D eigenvalue weighted by molar-refractivity contribution is -0.160. The third-order valence-electron chi connectivity index (χ3n) is 18.0. The van der Waals surface area contributed by atoms with E-state index in [2.05, 4.69) is 51.0 Å². The van der Waals surface area contributed by atoms with E-state index >= 15 is 0 Å². The average molecular weight is 2240 g/mol. The normalized spacial score (nSPS) is 11.9. The summed E-state index contributed by atoms with van der Waals surface area (Å²) in [6.45, 7) is 22.2. The summed E-state index contributed by atoms with van der Waals surface area (Å²) in [4.78, 5) is 138. The number of ether oxygens (including phenoxy) is 4. The van der Waals surface area contributed by atoms with Crippen molar-refractivity contribution in [3.05, 3.63) is 203 Å². The molecule has 9 aromatic rings. The van der Waals surface area contributed by atoms with Crippen molar-refractivity contribution in [3.8, 4) is 0 Å². The molecule has 29 nitrogen and oxygen atoms in total. The van der Waals surface area contributed by atoms with E-state index in [9.17, 15) is 141 Å². The highest BCUT2D eigenvalue weighted by Gasteiger charge is 2.41. The molecule has 4 heterocycles. The maximum atomic E-state index is 14.2. The summed E-state index contributed by atoms with van der Waals surface area (Å²) in [5.41, 5.74) is 11.4. The van der Waals surface area contributed by atoms with Crippen molar-refractivity contribution in [1.29, 1.82) is 0 Å². The van der Waals surface area contributed by atoms with Crippen molar-refractivity contribution in [3.63, 3.8) is 0 Å². The second kappa shape index (κ2) is 51.2. The van der Waals surface area contributed by atoms with Gasteiger partial charge in [0.25, 0.3) is 47.3 Å². The number of halogens is 16. The van der Waals surface area contributed by atoms with Crippen molar-refractivity contribution in [2.75, 3.05) is 33.6 Å². The van der Waals surface area contributed by atoms with E-state index in [0.29, 0.717) is 95.6 Å². The number of nitrogens with one attached hydrogen (secondary N) is 4. The van der Waals surface area contributed by atoms with Gasteiger partial charge in [-0.2, -0.15) is 39.5 Å². The van der Waals surface area contributed by atoms with Crippen molar-refractivity contribution < 1.29 is 160 Å². The van der Waals surface area contributed by atoms with E-state index in [4.69, 9.17) is 53.5 Å². The first-order valence-corrected chi connectivity index (χ1v) is 49.5. The molecule has 53 heteroatoms. The third-order valence-corrected chi connectivity index (χ3v) is 29.8. The molecule has 4 aromatic heterocycles. The maximum absolute atomic E-state index is 14.2. The van der Waals surface area contributed by atoms with Gasteiger partial charge in [-0.15, -0.1) is 57.1 Å². The Labute approximate surface area is 836 Å². The van der Waals surface area contributed by atoms with Crippen LogP contribution in [0.15, 0.2) is 152 Å². The lowest BCUT2D eigenvalue weighted by atomic mass is 10.0. The molecule has 0 aliphatic carbocycles. The second-order valence-electron chi connectivity index (χ2n) is 31.4. The Kier molecular flexibility index (Phi) is 44.4. The van der Waals surface area contributed by atoms with Crippen LogP contribution in [0, 0.1) is 48.9 Å². The molecule has 0 aliphatic rings. The van der Waals surface area contributed by atoms with E-state index in [1.54, 1.807) is 12.1 Å². The zero-order valence-corrected chi connectivity index (χ0v) is 85.6. The fraction of sp³-hybridized carbons (Fsp3) is 0.341. The van der Waals surface area contributed by atoms with Crippen LogP contribution in [0.4, 0.5) is 81.5 Å². The predicted octanol–water partition coefficient (Wildman–Crippen LogP) is 20.2. The number of rotatable bonds is 31. The van der Waals surface area contributed by atoms with Gasteiger partial charge in [0.15, 0.2) is 16.8 Å². The molecule has 5 aromatic carbocycles. The fourth-order valence-electron chi connectivity index (χ4n) is 10.7. The first-order valence-electron chi connectivity index (χ1n) is 40.3. The Hall–Kier alpha value is -11.1. The molecule has 0 fully saturated rings. The summed E-state index contributed by atoms with van der Waals surface area (Å²) in [7, 11) is -9.41. The molecule has 1 unspecified atom stereocenters. The topological polar surface area (TPSA) is 482 Å². The molecule has 0 saturated carbocycles. The summed E-state index contributed by atoms with van der Waals surface area (Å²) >= 11 is 13.5. The number of thiophene rings is 4. The molecule has 9 rings (SSSR count). The number of primary amides is 4. The van der Waals surface area contributed by atoms with Crippen molar-refractivity contribution in [2.24, 2.45) is 28.9 Å². The van der Waals surface area contributed by atoms with Gasteiger partial charge in [-0.25, -0.2) is 38.8 Å². The first kappa shape index (κ1) is 122. The van der Waals surface area contributed by atoms with Crippen LogP contribution in [0.1, 0.15) is 191 Å². The zero-order chi connectivity index (χ0) is 108. The molecule has 1 atom stereocenters. The van der Waals surface area contributed by atoms with E-state index < -0.39 is 189 Å². The molecular weight excluding hydrogens is 2140 g/mol. The van der Waals surface area contributed by atoms with Crippen LogP contribution in [-0.2, 0) is 95.5 Å². The van der Waals surface area contributed by atoms with E-state index in [1.807, 2.05) is 26.0 Å². The monoisotopic (exact) mass is 2230 g/mol. The Morgan fingerprint density at radius 1 is 0.461 bits per heavy atom. The fourth-order valence-corrected chi connectivity index (χ4v) is 20.7. The van der Waals surface area contributed by atoms with Gasteiger partial charge in [-0.1, -0.05) is 68.6 Å². The van der Waals surface area contributed by atoms with Gasteiger partial charge in [0.05, 0.1) is 65.0 Å². The van der Waals surface area contributed by atoms with Crippen molar-refractivity contribution in [1.82, 2.24) is 0 Å². The number of unbranched alkanes of at least 4 members (excludes halogenated alkanes) is 1. The molecular formula is C88H92BrClF14N8O21S8. The van der Waals surface area contributed by atoms with E-state index in [1.165, 1.54) is 97.3 Å². The van der Waals surface area contributed by atoms with Crippen LogP contribution in [0.25, 0.3) is 0 Å². The van der Waals surface area contributed by atoms with Crippen LogP contribution in [0.5, 0.6) is 0 Å². The van der Waals surface area contributed by atoms with Crippen molar-refractivity contribution >= 4 is 207 Å². The van der Waals surface area contributed by atoms with Crippen LogP contribution >= 0.6 is 96.4 Å². The zero-order valence-electron chi connectivity index (χ0n) is 76.7. The molecule has 8 amide bonds. The van der Waals surface area contributed by atoms with Gasteiger partial charge < -0.3 is 68.3 Å². The molecule has 0 saturated heterocycles. The summed E-state index contributed by atoms with van der Waals surface area (Å²) in [6, 6.07) is 18.2. The number of nitrogens with two attached hydrogens (primary N) is 4. The van der Waals surface area contributed by atoms with Gasteiger partial charge in [0.1, 0.15) is 72.9 Å². The Balaban J connectivity index is 0.000000363. The standard InChI is InChI=1S/C18H16F4N2O6S2.C18H16F4N2O4S2.C18H27FO2S.C16H14F4N2O5S2.C11H13ClN2O4S.C7H6BrF/c1-8(25)30-17(2,3)16(27)24-15-10(14(23)26)7-13(31-15)32(28,29)12-5-4-9(6-11(12)19)18(20,21)22;1-8(25)28-17(2,3)16(27)24-15-10(14(23)26)7-13(30-15)29-12-5-4-9(6-11(12)19)18(20,21)22;1-4-6-7-15(5-2)13-21-18(20)10-11-22-17-9-8-14(3)12-16(17)19;1-15(2,25)14(24)22-13-8(12(21)23)6-11(28-13)29(26,27)10-4-3-7(5-9(10)17)16(18,19)20;1-5(15)18-11(2,3)10(17)14-9-6(8(13)16)4-7(12)19-9;1-5-2-3-6(8)7(9)4-5/h4-7H,1-3H3,(H2,23,26)(H,24,27);4-7H,1-3H3,(H2,23,26)(H,24,27);8-9,12,15H,4-7,10-11,13H2,1-3H3;3-6,25H,1-2H3,(H2,21,23)(H,22,24);4H,1-3H3,(H2,13,16)(H,14,17);2-4H,1H3. The highest BCUT2D eigenvalue weighted by molar-refractivity contribution is 9.10. The van der Waals surface area contributed by atoms with Crippen LogP contribution in [0.3, 0.4) is 0 Å². The lowest BCUT2D eigenvalue weighted by Gasteiger charge is -2.22. The Morgan fingerprint density at radius 3 is 1.16 bits per heavy atom. The number of benzene rings is 5. The van der Waals surface area contributed by atoms with Gasteiger partial charge in [0.2, 0.25) is 19.7 Å². The number of hydrogen-bond donors (Lipinski definition) is 9. The first-order chi connectivity index (χ1) is 64.6. The number of sulfone groups is 2. The largest absolute Gasteiger partial charge is 0.465 e. The second-order valence-corrected chi connectivity index (χ2v) is 43.9. The van der Waals surface area contributed by atoms with Gasteiger partial charge in [-0.3, -0.25) is 57.5 Å². The average Bonchev–Trinajstić information content (AvgIpc) is 1.67. The minimum Gasteiger partial charge on any atom is -0.465 e. The SMILES string of the molecule is CC(=O)OC(C)(C)C(=O)Nc1sc(Cl)cc1C(N)=O.CC(=O)OC(C)(C)C(=O)Nc1sc(S(=O)(=O)c2ccc(C(F)(F)F)cc2F)cc1C(N)=O.CC(=O)OC(C)(C)C(=O)Nc1sc(Sc2ccc(C(F)(F)F)cc2F)cc1C(N)=O.CC(C)(O)C(=O)Nc1sc(S(=O)(=O)c2ccc(C(F)(F)F)cc2F)cc1C(N)=O.CCCCC(CC)COC(=O)CCSc1ccc(C)cc1F.Cc1ccc(Br)c(F)c1. The number of amides is 8. The maximum Gasteiger partial charge on any atom is 0.416 e. The highest BCUT2D eigenvalue weighted by Crippen LogP contribution is 2.44. The number of carbonyl (C=O) groups excluding carboxylic acids is 12. The number of aryl methyl sites for hydroxylation is 2. The van der Waals surface area contributed by atoms with Crippen LogP contribution in [-0.4, -0.2) is 128 Å². The molecule has 0 spiro atoms. The molecule has 0 radical (unpaired) electrons. The molecule has 0 bridgehead atoms. The number of esters is 4. The summed E-state index contributed by atoms with van der Waals surface area (Å²) in [5.74, 6) is -13.1. The Bertz CT molecular complexity index is 6380. The highest BCUT2D eigenvalue weighted by atomic mass is 79.9. The number of anilines is 4. The van der Waals surface area contributed by atoms with Crippen molar-refractivity contribution in [2.45, 2.75) is 209 Å². The van der Waals surface area contributed by atoms with E-state index in [-0.39, 0.29) is 65.8 Å². The molecule has 770 valence electrons. The lowest BCUT2D eigenvalue weighted by Crippen LogP contribution is -2.41. The number of thioether (sulfide) groups is 1. The smallest absolute Gasteiger partial charge is 0.416 e. The summed E-state index contributed by atoms with van der Waals surface area (Å²) in [6.07, 6.45) is -9.63. The number of hydrogen-bond acceptors (Lipinski definition) is 27. The Morgan fingerprint density at radius 2 is 0.809 bits per heavy atom. The predicted molar refractivity (Wildman–Crippen MR) is 504 cm³/mol. The molecule has 13 N–H and O–H groups in total. The van der Waals surface area contributed by atoms with Gasteiger partial charge >= 0.3 is 42.4 Å². The van der Waals surface area contributed by atoms with Gasteiger partial charge in [0, 0.05) is 36.3 Å². The minimum absolute atomic E-state index is 0.0276. The quantitative estimate of drug-likeness (QED) is 0.00843. The van der Waals surface area contributed by atoms with Crippen LogP contribution < -0.4 is 44.2 Å². The molecule has 141 heavy (non-hydrogen) atoms. The molecule has 0 aliphatic heterocycles. The van der Waals surface area contributed by atoms with Crippen LogP contribution in [0.2, 0.25) is 4.34 Å². The third kappa shape index (κ3) is 37.3. The van der Waals surface area contributed by atoms with E-state index in [0.717, 1.165) is 110 Å². The summed E-state index contributed by atoms with van der Waals surface area (Å²) < 4.78 is 254. The minimum atomic E-state index is -4.89. The summed E-state index contributed by atoms with van der Waals surface area (Å²) in [5, 5.41) is 18.5. The number of aliphatic hydroxyl groups is 1. The van der Waals surface area contributed by atoms with Gasteiger partial charge in [-0.05, 0) is 212 Å². The number of alkyl halides is 9.